The van der Waals surface area contributed by atoms with Crippen molar-refractivity contribution in [3.63, 3.8) is 0 Å². The molecule has 2 aliphatic rings. The van der Waals surface area contributed by atoms with E-state index in [1.807, 2.05) is 0 Å². The lowest BCUT2D eigenvalue weighted by Gasteiger charge is -2.35. The van der Waals surface area contributed by atoms with Crippen molar-refractivity contribution >= 4 is 46.0 Å². The van der Waals surface area contributed by atoms with Gasteiger partial charge >= 0.3 is 11.9 Å². The molecule has 1 fully saturated rings. The van der Waals surface area contributed by atoms with Gasteiger partial charge in [0.05, 0.1) is 28.8 Å². The molecule has 1 atom stereocenters. The molecule has 0 radical (unpaired) electrons. The summed E-state index contributed by atoms with van der Waals surface area (Å²) in [6.45, 7) is 4.12. The molecule has 224 valence electrons. The summed E-state index contributed by atoms with van der Waals surface area (Å²) in [6.07, 6.45) is -4.49. The van der Waals surface area contributed by atoms with Crippen LogP contribution in [0.3, 0.4) is 0 Å². The van der Waals surface area contributed by atoms with Gasteiger partial charge in [-0.3, -0.25) is 9.36 Å². The second-order valence-electron chi connectivity index (χ2n) is 9.62. The molecule has 0 unspecified atom stereocenters. The van der Waals surface area contributed by atoms with E-state index in [0.717, 1.165) is 23.9 Å². The van der Waals surface area contributed by atoms with Gasteiger partial charge in [0.25, 0.3) is 0 Å². The Kier molecular flexibility index (Phi) is 8.52. The fourth-order valence-electron chi connectivity index (χ4n) is 5.11. The van der Waals surface area contributed by atoms with Gasteiger partial charge in [-0.25, -0.2) is 13.6 Å². The average Bonchev–Trinajstić information content (AvgIpc) is 3.15. The summed E-state index contributed by atoms with van der Waals surface area (Å²) in [7, 11) is 1.40. The van der Waals surface area contributed by atoms with E-state index in [4.69, 9.17) is 21.1 Å². The Hall–Kier alpha value is -3.20. The maximum Gasteiger partial charge on any atom is 0.417 e. The minimum atomic E-state index is -4.99. The number of methoxy groups -OCH3 is 1. The van der Waals surface area contributed by atoms with Gasteiger partial charge in [0.2, 0.25) is 5.91 Å². The maximum absolute atomic E-state index is 15.2. The van der Waals surface area contributed by atoms with Crippen LogP contribution in [0, 0.1) is 11.6 Å². The molecular formula is C27H24ClF5N4O4S. The summed E-state index contributed by atoms with van der Waals surface area (Å²) in [5.74, 6) is -2.58. The molecule has 3 aromatic rings. The molecule has 42 heavy (non-hydrogen) atoms. The molecule has 1 amide bonds. The van der Waals surface area contributed by atoms with Crippen LogP contribution in [0.5, 0.6) is 0 Å². The van der Waals surface area contributed by atoms with Crippen LogP contribution in [0.2, 0.25) is 5.02 Å². The highest BCUT2D eigenvalue weighted by Crippen LogP contribution is 2.49. The minimum Gasteiger partial charge on any atom is -0.359 e. The Balaban J connectivity index is 1.80. The van der Waals surface area contributed by atoms with Crippen LogP contribution < -0.4 is 10.6 Å². The Bertz CT molecular complexity index is 1630. The monoisotopic (exact) mass is 630 g/mol. The summed E-state index contributed by atoms with van der Waals surface area (Å²) < 4.78 is 85.3. The summed E-state index contributed by atoms with van der Waals surface area (Å²) in [6, 6.07) is 2.07. The first-order chi connectivity index (χ1) is 19.9. The molecule has 0 aliphatic carbocycles. The highest BCUT2D eigenvalue weighted by Gasteiger charge is 2.39. The van der Waals surface area contributed by atoms with E-state index in [-0.39, 0.29) is 72.8 Å². The third-order valence-corrected chi connectivity index (χ3v) is 8.58. The number of carbonyl (C=O) groups is 1. The van der Waals surface area contributed by atoms with E-state index in [0.29, 0.717) is 6.07 Å². The Morgan fingerprint density at radius 2 is 1.90 bits per heavy atom. The molecule has 15 heteroatoms. The fourth-order valence-corrected chi connectivity index (χ4v) is 6.55. The Morgan fingerprint density at radius 1 is 1.19 bits per heavy atom. The highest BCUT2D eigenvalue weighted by atomic mass is 35.5. The second kappa shape index (κ2) is 11.8. The van der Waals surface area contributed by atoms with E-state index in [9.17, 15) is 27.2 Å². The van der Waals surface area contributed by atoms with Crippen LogP contribution >= 0.6 is 23.4 Å². The smallest absolute Gasteiger partial charge is 0.359 e. The first-order valence-corrected chi connectivity index (χ1v) is 14.0. The molecule has 0 N–H and O–H groups in total. The number of hydrogen-bond acceptors (Lipinski definition) is 7. The third kappa shape index (κ3) is 5.60. The number of thioether (sulfide) groups is 1. The van der Waals surface area contributed by atoms with Crippen LogP contribution in [0.15, 0.2) is 40.5 Å². The topological polar surface area (TPSA) is 76.9 Å². The van der Waals surface area contributed by atoms with Gasteiger partial charge in [0, 0.05) is 66.5 Å². The van der Waals surface area contributed by atoms with Crippen LogP contribution in [0.1, 0.15) is 5.56 Å². The number of piperazine rings is 1. The number of halogens is 6. The zero-order valence-corrected chi connectivity index (χ0v) is 23.7. The van der Waals surface area contributed by atoms with Crippen molar-refractivity contribution in [2.24, 2.45) is 0 Å². The van der Waals surface area contributed by atoms with E-state index < -0.39 is 51.3 Å². The van der Waals surface area contributed by atoms with Crippen molar-refractivity contribution < 1.29 is 36.2 Å². The van der Waals surface area contributed by atoms with Gasteiger partial charge in [-0.2, -0.15) is 18.2 Å². The lowest BCUT2D eigenvalue weighted by molar-refractivity contribution is -0.137. The van der Waals surface area contributed by atoms with Gasteiger partial charge in [0.15, 0.2) is 0 Å². The number of nitrogens with zero attached hydrogens (tertiary/aromatic N) is 4. The lowest BCUT2D eigenvalue weighted by Crippen LogP contribution is -2.49. The first kappa shape index (κ1) is 30.3. The van der Waals surface area contributed by atoms with E-state index in [1.54, 1.807) is 4.90 Å². The zero-order valence-electron chi connectivity index (χ0n) is 22.1. The largest absolute Gasteiger partial charge is 0.417 e. The van der Waals surface area contributed by atoms with Gasteiger partial charge < -0.3 is 19.3 Å². The molecule has 2 aliphatic heterocycles. The van der Waals surface area contributed by atoms with Crippen LogP contribution in [0.4, 0.5) is 27.8 Å². The van der Waals surface area contributed by atoms with Crippen LogP contribution in [-0.4, -0.2) is 72.3 Å². The number of ether oxygens (including phenoxy) is 2. The lowest BCUT2D eigenvalue weighted by atomic mass is 9.95. The summed E-state index contributed by atoms with van der Waals surface area (Å²) in [5.41, 5.74) is -2.99. The number of amides is 1. The molecule has 1 aromatic heterocycles. The minimum absolute atomic E-state index is 0.00437. The fraction of sp³-hybridized carbons (Fsp3) is 0.370. The molecule has 2 aromatic carbocycles. The van der Waals surface area contributed by atoms with Crippen molar-refractivity contribution in [3.8, 4) is 11.1 Å². The molecule has 0 bridgehead atoms. The van der Waals surface area contributed by atoms with E-state index in [2.05, 4.69) is 11.6 Å². The van der Waals surface area contributed by atoms with Crippen molar-refractivity contribution in [2.45, 2.75) is 23.7 Å². The van der Waals surface area contributed by atoms with Gasteiger partial charge in [0.1, 0.15) is 24.2 Å². The Morgan fingerprint density at radius 3 is 2.55 bits per heavy atom. The third-order valence-electron chi connectivity index (χ3n) is 7.07. The number of anilines is 1. The standard InChI is InChI=1S/C27H24ClF5N4O4S/c1-3-21(38)35-4-6-36(7-5-35)25-16-8-17(27(31,32)33)22(15-9-18(28)20(30)10-19(15)29)24-23(16)37(26(39)34-25)11-14(12-42-24)41-13-40-2/h3,8-10,14H,1,4-7,11-13H2,2H3/t14-/m1/s1. The maximum atomic E-state index is 15.2. The first-order valence-electron chi connectivity index (χ1n) is 12.7. The average molecular weight is 631 g/mol. The summed E-state index contributed by atoms with van der Waals surface area (Å²) in [4.78, 5) is 32.9. The number of alkyl halides is 3. The molecule has 0 spiro atoms. The van der Waals surface area contributed by atoms with Crippen molar-refractivity contribution in [2.75, 3.05) is 50.7 Å². The number of hydrogen-bond donors (Lipinski definition) is 0. The molecule has 5 rings (SSSR count). The molecular weight excluding hydrogens is 607 g/mol. The number of aromatic nitrogens is 2. The van der Waals surface area contributed by atoms with Crippen LogP contribution in [-0.2, 0) is 27.0 Å². The van der Waals surface area contributed by atoms with Crippen molar-refractivity contribution in [3.05, 3.63) is 63.6 Å². The van der Waals surface area contributed by atoms with Crippen molar-refractivity contribution in [1.82, 2.24) is 14.5 Å². The number of rotatable bonds is 6. The van der Waals surface area contributed by atoms with E-state index in [1.165, 1.54) is 22.7 Å². The predicted molar refractivity (Wildman–Crippen MR) is 148 cm³/mol. The van der Waals surface area contributed by atoms with Crippen LogP contribution in [0.25, 0.3) is 22.0 Å². The SMILES string of the molecule is C=CC(=O)N1CCN(c2nc(=O)n3c4c(c(-c5cc(Cl)c(F)cc5F)c(C(F)(F)F)cc24)SC[C@H](OCOC)C3)CC1. The Labute approximate surface area is 245 Å². The van der Waals surface area contributed by atoms with Gasteiger partial charge in [-0.1, -0.05) is 18.2 Å². The molecule has 3 heterocycles. The van der Waals surface area contributed by atoms with Crippen molar-refractivity contribution in [1.29, 1.82) is 0 Å². The predicted octanol–water partition coefficient (Wildman–Crippen LogP) is 4.94. The van der Waals surface area contributed by atoms with Gasteiger partial charge in [-0.15, -0.1) is 11.8 Å². The van der Waals surface area contributed by atoms with Gasteiger partial charge in [-0.05, 0) is 18.2 Å². The zero-order chi connectivity index (χ0) is 30.3. The summed E-state index contributed by atoms with van der Waals surface area (Å²) >= 11 is 6.85. The quantitative estimate of drug-likeness (QED) is 0.165. The number of carbonyl (C=O) groups excluding carboxylic acids is 1. The second-order valence-corrected chi connectivity index (χ2v) is 11.1. The molecule has 0 saturated carbocycles. The molecule has 1 saturated heterocycles. The summed E-state index contributed by atoms with van der Waals surface area (Å²) in [5, 5.41) is -0.552. The van der Waals surface area contributed by atoms with E-state index >= 15 is 4.39 Å². The highest BCUT2D eigenvalue weighted by molar-refractivity contribution is 7.99. The normalized spacial score (nSPS) is 17.5. The number of benzene rings is 2. The molecule has 8 nitrogen and oxygen atoms in total.